The largest absolute Gasteiger partial charge is 0.490 e. The minimum Gasteiger partial charge on any atom is -0.490 e. The van der Waals surface area contributed by atoms with Crippen molar-refractivity contribution in [1.29, 1.82) is 0 Å². The zero-order valence-corrected chi connectivity index (χ0v) is 21.8. The molecule has 220 valence electrons. The number of cyclic esters (lactones) is 1. The fourth-order valence-electron chi connectivity index (χ4n) is 4.03. The summed E-state index contributed by atoms with van der Waals surface area (Å²) < 4.78 is 73.8. The highest BCUT2D eigenvalue weighted by molar-refractivity contribution is 5.93. The van der Waals surface area contributed by atoms with E-state index < -0.39 is 24.2 Å². The Kier molecular flexibility index (Phi) is 10.1. The van der Waals surface area contributed by atoms with Crippen LogP contribution in [0.1, 0.15) is 41.1 Å². The molecule has 3 aromatic rings. The van der Waals surface area contributed by atoms with Crippen LogP contribution in [0.5, 0.6) is 11.5 Å². The molecule has 2 aromatic carbocycles. The number of alkyl halides is 2. The van der Waals surface area contributed by atoms with E-state index in [0.717, 1.165) is 6.07 Å². The number of benzene rings is 2. The van der Waals surface area contributed by atoms with Gasteiger partial charge in [0.25, 0.3) is 5.91 Å². The molecule has 10 nitrogen and oxygen atoms in total. The molecule has 1 aromatic heterocycles. The van der Waals surface area contributed by atoms with Gasteiger partial charge in [-0.3, -0.25) is 9.59 Å². The molecule has 2 heterocycles. The average Bonchev–Trinajstić information content (AvgIpc) is 3.56. The molecule has 0 bridgehead atoms. The van der Waals surface area contributed by atoms with Crippen molar-refractivity contribution in [1.82, 2.24) is 15.6 Å². The van der Waals surface area contributed by atoms with Gasteiger partial charge in [-0.25, -0.2) is 13.8 Å². The second-order valence-electron chi connectivity index (χ2n) is 8.97. The van der Waals surface area contributed by atoms with Crippen molar-refractivity contribution in [3.8, 4) is 23.0 Å². The van der Waals surface area contributed by atoms with Gasteiger partial charge in [-0.2, -0.15) is 8.78 Å². The number of nitrogens with zero attached hydrogens (tertiary/aromatic N) is 1. The molecular formula is C27H28F4N4O6. The van der Waals surface area contributed by atoms with Crippen LogP contribution >= 0.6 is 0 Å². The van der Waals surface area contributed by atoms with Crippen LogP contribution in [-0.4, -0.2) is 49.3 Å². The molecule has 0 spiro atoms. The first-order valence-electron chi connectivity index (χ1n) is 12.8. The van der Waals surface area contributed by atoms with Gasteiger partial charge < -0.3 is 35.0 Å². The third-order valence-corrected chi connectivity index (χ3v) is 6.11. The van der Waals surface area contributed by atoms with E-state index in [2.05, 4.69) is 20.4 Å². The highest BCUT2D eigenvalue weighted by atomic mass is 19.3. The zero-order chi connectivity index (χ0) is 29.4. The lowest BCUT2D eigenvalue weighted by Gasteiger charge is -2.13. The highest BCUT2D eigenvalue weighted by Gasteiger charge is 2.25. The van der Waals surface area contributed by atoms with Crippen LogP contribution in [-0.2, 0) is 22.6 Å². The molecule has 1 saturated heterocycles. The van der Waals surface area contributed by atoms with E-state index in [1.807, 2.05) is 0 Å². The smallest absolute Gasteiger partial charge is 0.387 e. The molecule has 14 heteroatoms. The fraction of sp³-hybridized carbons (Fsp3) is 0.370. The summed E-state index contributed by atoms with van der Waals surface area (Å²) in [6.07, 6.45) is 1.80. The van der Waals surface area contributed by atoms with Crippen molar-refractivity contribution < 1.29 is 45.8 Å². The SMILES string of the molecule is NCc1oc(-c2ccc(OC(F)F)c(OCCCCNC3CCOC3=O)c2)nc1C(=O)NCc1ccc(F)cc1F. The number of nitrogens with one attached hydrogen (secondary N) is 2. The number of hydrogen-bond donors (Lipinski definition) is 3. The van der Waals surface area contributed by atoms with E-state index in [1.54, 1.807) is 0 Å². The number of aromatic nitrogens is 1. The van der Waals surface area contributed by atoms with E-state index in [1.165, 1.54) is 24.3 Å². The first kappa shape index (κ1) is 29.8. The number of hydrogen-bond acceptors (Lipinski definition) is 9. The first-order chi connectivity index (χ1) is 19.7. The predicted molar refractivity (Wildman–Crippen MR) is 136 cm³/mol. The Morgan fingerprint density at radius 1 is 1.15 bits per heavy atom. The lowest BCUT2D eigenvalue weighted by atomic mass is 10.2. The third-order valence-electron chi connectivity index (χ3n) is 6.11. The Labute approximate surface area is 232 Å². The second kappa shape index (κ2) is 13.9. The highest BCUT2D eigenvalue weighted by Crippen LogP contribution is 2.34. The summed E-state index contributed by atoms with van der Waals surface area (Å²) in [5.41, 5.74) is 5.92. The summed E-state index contributed by atoms with van der Waals surface area (Å²) in [4.78, 5) is 28.4. The van der Waals surface area contributed by atoms with Crippen molar-refractivity contribution >= 4 is 11.9 Å². The third kappa shape index (κ3) is 7.95. The predicted octanol–water partition coefficient (Wildman–Crippen LogP) is 3.67. The Balaban J connectivity index is 1.41. The molecule has 1 aliphatic rings. The molecule has 1 unspecified atom stereocenters. The number of carbonyl (C=O) groups is 2. The first-order valence-corrected chi connectivity index (χ1v) is 12.8. The quantitative estimate of drug-likeness (QED) is 0.148. The van der Waals surface area contributed by atoms with Gasteiger partial charge >= 0.3 is 12.6 Å². The van der Waals surface area contributed by atoms with Gasteiger partial charge in [0, 0.05) is 30.2 Å². The Hall–Kier alpha value is -4.17. The molecule has 1 aliphatic heterocycles. The van der Waals surface area contributed by atoms with Crippen LogP contribution in [0.15, 0.2) is 40.8 Å². The lowest BCUT2D eigenvalue weighted by Crippen LogP contribution is -2.33. The van der Waals surface area contributed by atoms with Gasteiger partial charge in [0.15, 0.2) is 23.0 Å². The summed E-state index contributed by atoms with van der Waals surface area (Å²) in [5.74, 6) is -2.77. The molecule has 4 rings (SSSR count). The molecule has 1 amide bonds. The Morgan fingerprint density at radius 2 is 1.98 bits per heavy atom. The number of carbonyl (C=O) groups excluding carboxylic acids is 2. The minimum absolute atomic E-state index is 0.000384. The Bertz CT molecular complexity index is 1370. The van der Waals surface area contributed by atoms with Gasteiger partial charge in [-0.15, -0.1) is 0 Å². The number of esters is 1. The maximum atomic E-state index is 13.9. The van der Waals surface area contributed by atoms with E-state index >= 15 is 0 Å². The van der Waals surface area contributed by atoms with Crippen LogP contribution < -0.4 is 25.8 Å². The van der Waals surface area contributed by atoms with Crippen LogP contribution in [0, 0.1) is 11.6 Å². The number of oxazole rings is 1. The molecule has 1 fully saturated rings. The van der Waals surface area contributed by atoms with Crippen LogP contribution in [0.2, 0.25) is 0 Å². The zero-order valence-electron chi connectivity index (χ0n) is 21.8. The number of halogens is 4. The van der Waals surface area contributed by atoms with Crippen molar-refractivity contribution in [2.75, 3.05) is 19.8 Å². The van der Waals surface area contributed by atoms with Gasteiger partial charge in [0.1, 0.15) is 17.7 Å². The van der Waals surface area contributed by atoms with E-state index in [4.69, 9.17) is 19.6 Å². The van der Waals surface area contributed by atoms with Crippen LogP contribution in [0.4, 0.5) is 17.6 Å². The number of ether oxygens (including phenoxy) is 3. The summed E-state index contributed by atoms with van der Waals surface area (Å²) in [5, 5.41) is 5.58. The van der Waals surface area contributed by atoms with Gasteiger partial charge in [-0.05, 0) is 43.7 Å². The van der Waals surface area contributed by atoms with Crippen molar-refractivity contribution in [3.05, 3.63) is 65.1 Å². The summed E-state index contributed by atoms with van der Waals surface area (Å²) in [7, 11) is 0. The molecule has 0 radical (unpaired) electrons. The second-order valence-corrected chi connectivity index (χ2v) is 8.97. The summed E-state index contributed by atoms with van der Waals surface area (Å²) in [6.45, 7) is -2.43. The van der Waals surface area contributed by atoms with Crippen molar-refractivity contribution in [2.24, 2.45) is 5.73 Å². The lowest BCUT2D eigenvalue weighted by molar-refractivity contribution is -0.139. The normalized spacial score (nSPS) is 14.8. The number of amides is 1. The monoisotopic (exact) mass is 580 g/mol. The maximum Gasteiger partial charge on any atom is 0.387 e. The number of unbranched alkanes of at least 4 members (excludes halogenated alkanes) is 1. The topological polar surface area (TPSA) is 138 Å². The molecule has 4 N–H and O–H groups in total. The Morgan fingerprint density at radius 3 is 2.68 bits per heavy atom. The summed E-state index contributed by atoms with van der Waals surface area (Å²) in [6, 6.07) is 6.68. The number of nitrogens with two attached hydrogens (primary N) is 1. The average molecular weight is 581 g/mol. The maximum absolute atomic E-state index is 13.9. The van der Waals surface area contributed by atoms with E-state index in [0.29, 0.717) is 44.0 Å². The van der Waals surface area contributed by atoms with E-state index in [9.17, 15) is 27.2 Å². The molecule has 0 aliphatic carbocycles. The summed E-state index contributed by atoms with van der Waals surface area (Å²) >= 11 is 0. The van der Waals surface area contributed by atoms with Gasteiger partial charge in [0.2, 0.25) is 5.89 Å². The fourth-order valence-corrected chi connectivity index (χ4v) is 4.03. The molecule has 41 heavy (non-hydrogen) atoms. The standard InChI is InChI=1S/C27H28F4N4O6/c28-17-5-3-16(18(29)12-17)14-34-24(36)23-22(13-32)40-25(35-23)15-4-6-20(41-27(30)31)21(11-15)38-9-2-1-8-33-19-7-10-39-26(19)37/h3-6,11-12,19,27,33H,1-2,7-10,13-14,32H2,(H,34,36). The van der Waals surface area contributed by atoms with Crippen LogP contribution in [0.3, 0.4) is 0 Å². The molecule has 1 atom stereocenters. The van der Waals surface area contributed by atoms with E-state index in [-0.39, 0.29) is 66.1 Å². The molecule has 0 saturated carbocycles. The van der Waals surface area contributed by atoms with Crippen molar-refractivity contribution in [2.45, 2.75) is 45.0 Å². The number of rotatable bonds is 14. The van der Waals surface area contributed by atoms with Crippen molar-refractivity contribution in [3.63, 3.8) is 0 Å². The minimum atomic E-state index is -3.09. The van der Waals surface area contributed by atoms with Gasteiger partial charge in [0.05, 0.1) is 19.8 Å². The van der Waals surface area contributed by atoms with Crippen LogP contribution in [0.25, 0.3) is 11.5 Å². The molecular weight excluding hydrogens is 552 g/mol. The van der Waals surface area contributed by atoms with Gasteiger partial charge in [-0.1, -0.05) is 6.07 Å².